The first-order valence-electron chi connectivity index (χ1n) is 7.27. The first-order chi connectivity index (χ1) is 10.7. The van der Waals surface area contributed by atoms with Gasteiger partial charge in [-0.1, -0.05) is 6.07 Å². The molecule has 0 fully saturated rings. The number of nitrogens with zero attached hydrogens (tertiary/aromatic N) is 2. The summed E-state index contributed by atoms with van der Waals surface area (Å²) in [6.07, 6.45) is 2.50. The van der Waals surface area contributed by atoms with Gasteiger partial charge < -0.3 is 20.1 Å². The number of rotatable bonds is 3. The molecule has 0 aliphatic rings. The van der Waals surface area contributed by atoms with Crippen molar-refractivity contribution in [1.29, 1.82) is 0 Å². The SMILES string of the molecule is C[C@@H](NC(=O)OC(C)(C)C)c1cc(B(O)O)cc2nccnc12. The van der Waals surface area contributed by atoms with Crippen LogP contribution in [0, 0.1) is 0 Å². The van der Waals surface area contributed by atoms with Gasteiger partial charge in [0.25, 0.3) is 0 Å². The molecule has 1 heterocycles. The number of carbonyl (C=O) groups is 1. The summed E-state index contributed by atoms with van der Waals surface area (Å²) in [6.45, 7) is 7.10. The minimum Gasteiger partial charge on any atom is -0.444 e. The van der Waals surface area contributed by atoms with Gasteiger partial charge in [-0.05, 0) is 39.2 Å². The minimum absolute atomic E-state index is 0.283. The number of nitrogens with one attached hydrogen (secondary N) is 1. The Balaban J connectivity index is 2.35. The zero-order valence-electron chi connectivity index (χ0n) is 13.6. The maximum atomic E-state index is 11.9. The molecule has 0 saturated carbocycles. The molecule has 1 atom stereocenters. The van der Waals surface area contributed by atoms with Crippen LogP contribution in [0.4, 0.5) is 4.79 Å². The molecule has 2 aromatic rings. The van der Waals surface area contributed by atoms with E-state index in [4.69, 9.17) is 4.74 Å². The fourth-order valence-corrected chi connectivity index (χ4v) is 2.17. The summed E-state index contributed by atoms with van der Waals surface area (Å²) in [5, 5.41) is 21.6. The van der Waals surface area contributed by atoms with Crippen LogP contribution in [-0.4, -0.2) is 38.8 Å². The predicted molar refractivity (Wildman–Crippen MR) is 87.1 cm³/mol. The minimum atomic E-state index is -1.63. The standard InChI is InChI=1S/C15H20BN3O4/c1-9(19-14(20)23-15(2,3)4)11-7-10(16(21)22)8-12-13(11)18-6-5-17-12/h5-9,21-22H,1-4H3,(H,19,20)/t9-/m1/s1. The van der Waals surface area contributed by atoms with Gasteiger partial charge in [-0.25, -0.2) is 4.79 Å². The normalized spacial score (nSPS) is 12.8. The Labute approximate surface area is 134 Å². The highest BCUT2D eigenvalue weighted by molar-refractivity contribution is 6.59. The Hall–Kier alpha value is -2.19. The Bertz CT molecular complexity index is 715. The van der Waals surface area contributed by atoms with E-state index in [1.54, 1.807) is 46.0 Å². The second-order valence-electron chi connectivity index (χ2n) is 6.28. The second-order valence-corrected chi connectivity index (χ2v) is 6.28. The Morgan fingerprint density at radius 3 is 2.52 bits per heavy atom. The van der Waals surface area contributed by atoms with Crippen molar-refractivity contribution < 1.29 is 19.6 Å². The highest BCUT2D eigenvalue weighted by Gasteiger charge is 2.22. The van der Waals surface area contributed by atoms with Crippen molar-refractivity contribution in [3.8, 4) is 0 Å². The Morgan fingerprint density at radius 2 is 1.91 bits per heavy atom. The summed E-state index contributed by atoms with van der Waals surface area (Å²) in [6, 6.07) is 2.70. The van der Waals surface area contributed by atoms with Crippen LogP contribution in [0.5, 0.6) is 0 Å². The number of hydrogen-bond donors (Lipinski definition) is 3. The van der Waals surface area contributed by atoms with E-state index in [0.717, 1.165) is 0 Å². The molecular weight excluding hydrogens is 297 g/mol. The van der Waals surface area contributed by atoms with Crippen molar-refractivity contribution in [2.24, 2.45) is 0 Å². The molecule has 0 unspecified atom stereocenters. The predicted octanol–water partition coefficient (Wildman–Crippen LogP) is 0.895. The van der Waals surface area contributed by atoms with Gasteiger partial charge in [-0.3, -0.25) is 9.97 Å². The molecule has 1 amide bonds. The number of fused-ring (bicyclic) bond motifs is 1. The average molecular weight is 317 g/mol. The van der Waals surface area contributed by atoms with Gasteiger partial charge in [0.15, 0.2) is 0 Å². The molecule has 1 aromatic carbocycles. The largest absolute Gasteiger partial charge is 0.488 e. The lowest BCUT2D eigenvalue weighted by atomic mass is 9.78. The quantitative estimate of drug-likeness (QED) is 0.726. The van der Waals surface area contributed by atoms with Crippen LogP contribution in [0.2, 0.25) is 0 Å². The van der Waals surface area contributed by atoms with Gasteiger partial charge in [0.1, 0.15) is 5.60 Å². The number of ether oxygens (including phenoxy) is 1. The second kappa shape index (κ2) is 6.51. The molecule has 23 heavy (non-hydrogen) atoms. The van der Waals surface area contributed by atoms with Gasteiger partial charge in [-0.15, -0.1) is 0 Å². The van der Waals surface area contributed by atoms with Crippen molar-refractivity contribution in [2.75, 3.05) is 0 Å². The zero-order valence-corrected chi connectivity index (χ0v) is 13.6. The first-order valence-corrected chi connectivity index (χ1v) is 7.27. The van der Waals surface area contributed by atoms with Crippen LogP contribution in [0.3, 0.4) is 0 Å². The summed E-state index contributed by atoms with van der Waals surface area (Å²) in [7, 11) is -1.63. The molecule has 2 rings (SSSR count). The third kappa shape index (κ3) is 4.40. The summed E-state index contributed by atoms with van der Waals surface area (Å²) < 4.78 is 5.23. The number of aromatic nitrogens is 2. The van der Waals surface area contributed by atoms with Crippen molar-refractivity contribution >= 4 is 29.7 Å². The maximum absolute atomic E-state index is 11.9. The molecule has 3 N–H and O–H groups in total. The average Bonchev–Trinajstić information content (AvgIpc) is 2.43. The lowest BCUT2D eigenvalue weighted by Gasteiger charge is -2.22. The maximum Gasteiger partial charge on any atom is 0.488 e. The van der Waals surface area contributed by atoms with Crippen molar-refractivity contribution in [2.45, 2.75) is 39.3 Å². The van der Waals surface area contributed by atoms with Crippen LogP contribution in [0.15, 0.2) is 24.5 Å². The molecule has 0 aliphatic carbocycles. The third-order valence-electron chi connectivity index (χ3n) is 3.12. The highest BCUT2D eigenvalue weighted by Crippen LogP contribution is 2.20. The summed E-state index contributed by atoms with van der Waals surface area (Å²) >= 11 is 0. The number of amides is 1. The lowest BCUT2D eigenvalue weighted by Crippen LogP contribution is -2.35. The molecule has 0 radical (unpaired) electrons. The molecule has 0 spiro atoms. The van der Waals surface area contributed by atoms with E-state index in [9.17, 15) is 14.8 Å². The lowest BCUT2D eigenvalue weighted by molar-refractivity contribution is 0.0508. The topological polar surface area (TPSA) is 105 Å². The third-order valence-corrected chi connectivity index (χ3v) is 3.12. The van der Waals surface area contributed by atoms with E-state index in [1.807, 2.05) is 0 Å². The number of benzene rings is 1. The van der Waals surface area contributed by atoms with Gasteiger partial charge in [0, 0.05) is 18.0 Å². The molecule has 1 aromatic heterocycles. The van der Waals surface area contributed by atoms with Crippen molar-refractivity contribution in [1.82, 2.24) is 15.3 Å². The van der Waals surface area contributed by atoms with Crippen LogP contribution in [0.1, 0.15) is 39.3 Å². The summed E-state index contributed by atoms with van der Waals surface area (Å²) in [5.74, 6) is 0. The van der Waals surface area contributed by atoms with Crippen molar-refractivity contribution in [3.05, 3.63) is 30.1 Å². The van der Waals surface area contributed by atoms with Crippen LogP contribution >= 0.6 is 0 Å². The molecule has 0 saturated heterocycles. The highest BCUT2D eigenvalue weighted by atomic mass is 16.6. The number of alkyl carbamates (subject to hydrolysis) is 1. The van der Waals surface area contributed by atoms with Crippen molar-refractivity contribution in [3.63, 3.8) is 0 Å². The monoisotopic (exact) mass is 317 g/mol. The van der Waals surface area contributed by atoms with Crippen LogP contribution in [-0.2, 0) is 4.74 Å². The Morgan fingerprint density at radius 1 is 1.26 bits per heavy atom. The molecule has 7 nitrogen and oxygen atoms in total. The summed E-state index contributed by atoms with van der Waals surface area (Å²) in [5.41, 5.74) is 1.41. The van der Waals surface area contributed by atoms with Gasteiger partial charge in [0.2, 0.25) is 0 Å². The van der Waals surface area contributed by atoms with E-state index in [0.29, 0.717) is 16.6 Å². The van der Waals surface area contributed by atoms with Gasteiger partial charge in [0.05, 0.1) is 17.1 Å². The van der Waals surface area contributed by atoms with E-state index in [-0.39, 0.29) is 5.46 Å². The van der Waals surface area contributed by atoms with E-state index >= 15 is 0 Å². The van der Waals surface area contributed by atoms with E-state index in [1.165, 1.54) is 6.20 Å². The molecule has 8 heteroatoms. The van der Waals surface area contributed by atoms with Crippen LogP contribution < -0.4 is 10.8 Å². The van der Waals surface area contributed by atoms with E-state index in [2.05, 4.69) is 15.3 Å². The van der Waals surface area contributed by atoms with E-state index < -0.39 is 24.9 Å². The van der Waals surface area contributed by atoms with Gasteiger partial charge in [-0.2, -0.15) is 0 Å². The molecular formula is C15H20BN3O4. The zero-order chi connectivity index (χ0) is 17.2. The smallest absolute Gasteiger partial charge is 0.444 e. The first kappa shape index (κ1) is 17.2. The van der Waals surface area contributed by atoms with Crippen LogP contribution in [0.25, 0.3) is 11.0 Å². The molecule has 0 aliphatic heterocycles. The fourth-order valence-electron chi connectivity index (χ4n) is 2.17. The Kier molecular flexibility index (Phi) is 4.86. The van der Waals surface area contributed by atoms with Gasteiger partial charge >= 0.3 is 13.2 Å². The fraction of sp³-hybridized carbons (Fsp3) is 0.400. The molecule has 0 bridgehead atoms. The number of carbonyl (C=O) groups excluding carboxylic acids is 1. The molecule has 122 valence electrons. The number of hydrogen-bond acceptors (Lipinski definition) is 6. The summed E-state index contributed by atoms with van der Waals surface area (Å²) in [4.78, 5) is 20.4.